The Hall–Kier alpha value is -2.34. The first-order chi connectivity index (χ1) is 11.6. The fourth-order valence-electron chi connectivity index (χ4n) is 1.91. The number of nitrogens with one attached hydrogen (secondary N) is 1. The molecular weight excluding hydrogens is 329 g/mol. The van der Waals surface area contributed by atoms with Crippen molar-refractivity contribution >= 4 is 29.3 Å². The second-order valence-corrected chi connectivity index (χ2v) is 6.00. The highest BCUT2D eigenvalue weighted by Crippen LogP contribution is 2.21. The van der Waals surface area contributed by atoms with Crippen LogP contribution in [-0.4, -0.2) is 24.2 Å². The van der Waals surface area contributed by atoms with Crippen LogP contribution in [0.4, 0.5) is 10.1 Å². The van der Waals surface area contributed by atoms with Crippen LogP contribution in [0, 0.1) is 5.82 Å². The maximum atomic E-state index is 13.4. The molecule has 1 amide bonds. The van der Waals surface area contributed by atoms with E-state index in [9.17, 15) is 14.0 Å². The van der Waals surface area contributed by atoms with Gasteiger partial charge in [-0.05, 0) is 36.2 Å². The standard InChI is InChI=1S/C18H18FNO3S/c1-2-13-7-9-14(10-8-13)20-17(21)11-23-18(22)12-24-16-6-4-3-5-15(16)19/h3-10H,2,11-12H2,1H3,(H,20,21). The maximum Gasteiger partial charge on any atom is 0.316 e. The summed E-state index contributed by atoms with van der Waals surface area (Å²) in [6.45, 7) is 1.68. The molecule has 0 aliphatic carbocycles. The zero-order valence-electron chi connectivity index (χ0n) is 13.3. The van der Waals surface area contributed by atoms with E-state index in [1.165, 1.54) is 11.6 Å². The van der Waals surface area contributed by atoms with Gasteiger partial charge in [-0.25, -0.2) is 4.39 Å². The predicted molar refractivity (Wildman–Crippen MR) is 92.5 cm³/mol. The maximum absolute atomic E-state index is 13.4. The third kappa shape index (κ3) is 5.70. The summed E-state index contributed by atoms with van der Waals surface area (Å²) in [4.78, 5) is 23.7. The smallest absolute Gasteiger partial charge is 0.316 e. The summed E-state index contributed by atoms with van der Waals surface area (Å²) >= 11 is 1.03. The molecule has 0 radical (unpaired) electrons. The highest BCUT2D eigenvalue weighted by molar-refractivity contribution is 8.00. The van der Waals surface area contributed by atoms with Gasteiger partial charge in [0.1, 0.15) is 5.82 Å². The minimum absolute atomic E-state index is 0.0561. The zero-order chi connectivity index (χ0) is 17.4. The van der Waals surface area contributed by atoms with Crippen molar-refractivity contribution in [2.75, 3.05) is 17.7 Å². The van der Waals surface area contributed by atoms with Gasteiger partial charge in [0.15, 0.2) is 6.61 Å². The Morgan fingerprint density at radius 2 is 1.83 bits per heavy atom. The molecule has 2 aromatic carbocycles. The van der Waals surface area contributed by atoms with Crippen LogP contribution in [0.25, 0.3) is 0 Å². The van der Waals surface area contributed by atoms with Crippen molar-refractivity contribution in [1.29, 1.82) is 0 Å². The molecule has 0 aliphatic heterocycles. The minimum atomic E-state index is -0.570. The molecular formula is C18H18FNO3S. The van der Waals surface area contributed by atoms with Crippen molar-refractivity contribution in [1.82, 2.24) is 0 Å². The molecule has 6 heteroatoms. The molecule has 0 saturated carbocycles. The second kappa shape index (κ2) is 9.08. The monoisotopic (exact) mass is 347 g/mol. The quantitative estimate of drug-likeness (QED) is 0.613. The Labute approximate surface area is 144 Å². The molecule has 0 saturated heterocycles. The SMILES string of the molecule is CCc1ccc(NC(=O)COC(=O)CSc2ccccc2F)cc1. The fraction of sp³-hybridized carbons (Fsp3) is 0.222. The number of anilines is 1. The topological polar surface area (TPSA) is 55.4 Å². The average molecular weight is 347 g/mol. The summed E-state index contributed by atoms with van der Waals surface area (Å²) in [7, 11) is 0. The molecule has 1 N–H and O–H groups in total. The Morgan fingerprint density at radius 3 is 2.50 bits per heavy atom. The number of thioether (sulfide) groups is 1. The van der Waals surface area contributed by atoms with Crippen LogP contribution >= 0.6 is 11.8 Å². The number of benzene rings is 2. The van der Waals surface area contributed by atoms with E-state index in [1.54, 1.807) is 30.3 Å². The van der Waals surface area contributed by atoms with Gasteiger partial charge in [-0.15, -0.1) is 11.8 Å². The molecule has 0 heterocycles. The molecule has 126 valence electrons. The van der Waals surface area contributed by atoms with E-state index < -0.39 is 11.9 Å². The Bertz CT molecular complexity index is 704. The number of ether oxygens (including phenoxy) is 1. The number of hydrogen-bond donors (Lipinski definition) is 1. The van der Waals surface area contributed by atoms with Crippen molar-refractivity contribution in [3.8, 4) is 0 Å². The molecule has 4 nitrogen and oxygen atoms in total. The highest BCUT2D eigenvalue weighted by atomic mass is 32.2. The lowest BCUT2D eigenvalue weighted by molar-refractivity contribution is -0.144. The summed E-state index contributed by atoms with van der Waals surface area (Å²) in [6, 6.07) is 13.6. The van der Waals surface area contributed by atoms with Gasteiger partial charge in [0.05, 0.1) is 5.75 Å². The van der Waals surface area contributed by atoms with Crippen molar-refractivity contribution in [3.63, 3.8) is 0 Å². The van der Waals surface area contributed by atoms with Crippen molar-refractivity contribution < 1.29 is 18.7 Å². The summed E-state index contributed by atoms with van der Waals surface area (Å²) in [5.41, 5.74) is 1.82. The molecule has 0 unspecified atom stereocenters. The van der Waals surface area contributed by atoms with E-state index in [2.05, 4.69) is 5.32 Å². The van der Waals surface area contributed by atoms with Gasteiger partial charge < -0.3 is 10.1 Å². The van der Waals surface area contributed by atoms with E-state index in [0.29, 0.717) is 10.6 Å². The lowest BCUT2D eigenvalue weighted by Crippen LogP contribution is -2.21. The van der Waals surface area contributed by atoms with Crippen LogP contribution < -0.4 is 5.32 Å². The number of carbonyl (C=O) groups excluding carboxylic acids is 2. The van der Waals surface area contributed by atoms with Gasteiger partial charge in [-0.2, -0.15) is 0 Å². The molecule has 2 rings (SSSR count). The van der Waals surface area contributed by atoms with E-state index in [1.807, 2.05) is 19.1 Å². The number of hydrogen-bond acceptors (Lipinski definition) is 4. The average Bonchev–Trinajstić information content (AvgIpc) is 2.60. The van der Waals surface area contributed by atoms with Gasteiger partial charge in [-0.3, -0.25) is 9.59 Å². The first kappa shape index (κ1) is 18.0. The van der Waals surface area contributed by atoms with Crippen LogP contribution in [0.1, 0.15) is 12.5 Å². The zero-order valence-corrected chi connectivity index (χ0v) is 14.1. The van der Waals surface area contributed by atoms with Gasteiger partial charge in [-0.1, -0.05) is 31.2 Å². The lowest BCUT2D eigenvalue weighted by Gasteiger charge is -2.07. The molecule has 24 heavy (non-hydrogen) atoms. The Balaban J connectivity index is 1.72. The molecule has 0 spiro atoms. The van der Waals surface area contributed by atoms with Gasteiger partial charge >= 0.3 is 5.97 Å². The van der Waals surface area contributed by atoms with E-state index in [4.69, 9.17) is 4.74 Å². The van der Waals surface area contributed by atoms with E-state index >= 15 is 0 Å². The first-order valence-corrected chi connectivity index (χ1v) is 8.48. The van der Waals surface area contributed by atoms with Crippen molar-refractivity contribution in [2.24, 2.45) is 0 Å². The fourth-order valence-corrected chi connectivity index (χ4v) is 2.64. The van der Waals surface area contributed by atoms with Crippen LogP contribution in [0.15, 0.2) is 53.4 Å². The molecule has 0 fully saturated rings. The van der Waals surface area contributed by atoms with Crippen LogP contribution in [0.3, 0.4) is 0 Å². The largest absolute Gasteiger partial charge is 0.455 e. The van der Waals surface area contributed by atoms with Crippen LogP contribution in [0.5, 0.6) is 0 Å². The van der Waals surface area contributed by atoms with Crippen LogP contribution in [-0.2, 0) is 20.7 Å². The van der Waals surface area contributed by atoms with Crippen molar-refractivity contribution in [3.05, 3.63) is 59.9 Å². The first-order valence-electron chi connectivity index (χ1n) is 7.50. The predicted octanol–water partition coefficient (Wildman–Crippen LogP) is 3.66. The summed E-state index contributed by atoms with van der Waals surface area (Å²) in [5, 5.41) is 2.65. The minimum Gasteiger partial charge on any atom is -0.455 e. The number of esters is 1. The Kier molecular flexibility index (Phi) is 6.81. The molecule has 0 bridgehead atoms. The number of halogens is 1. The molecule has 0 atom stereocenters. The Morgan fingerprint density at radius 1 is 1.12 bits per heavy atom. The third-order valence-electron chi connectivity index (χ3n) is 3.19. The summed E-state index contributed by atoms with van der Waals surface area (Å²) in [6.07, 6.45) is 0.922. The van der Waals surface area contributed by atoms with Gasteiger partial charge in [0.25, 0.3) is 5.91 Å². The van der Waals surface area contributed by atoms with E-state index in [-0.39, 0.29) is 18.2 Å². The van der Waals surface area contributed by atoms with Gasteiger partial charge in [0.2, 0.25) is 0 Å². The highest BCUT2D eigenvalue weighted by Gasteiger charge is 2.10. The number of carbonyl (C=O) groups is 2. The number of amides is 1. The van der Waals surface area contributed by atoms with Crippen molar-refractivity contribution in [2.45, 2.75) is 18.2 Å². The molecule has 0 aromatic heterocycles. The summed E-state index contributed by atoms with van der Waals surface area (Å²) < 4.78 is 18.3. The molecule has 2 aromatic rings. The summed E-state index contributed by atoms with van der Waals surface area (Å²) in [5.74, 6) is -1.42. The molecule has 0 aliphatic rings. The van der Waals surface area contributed by atoms with Gasteiger partial charge in [0, 0.05) is 10.6 Å². The second-order valence-electron chi connectivity index (χ2n) is 4.98. The van der Waals surface area contributed by atoms with E-state index in [0.717, 1.165) is 18.2 Å². The third-order valence-corrected chi connectivity index (χ3v) is 4.21. The lowest BCUT2D eigenvalue weighted by atomic mass is 10.1. The normalized spacial score (nSPS) is 10.2. The van der Waals surface area contributed by atoms with Crippen LogP contribution in [0.2, 0.25) is 0 Å². The number of aryl methyl sites for hydroxylation is 1. The number of rotatable bonds is 7.